The summed E-state index contributed by atoms with van der Waals surface area (Å²) in [6, 6.07) is 4.26. The van der Waals surface area contributed by atoms with Crippen molar-refractivity contribution in [3.63, 3.8) is 0 Å². The highest BCUT2D eigenvalue weighted by Gasteiger charge is 2.22. The van der Waals surface area contributed by atoms with Gasteiger partial charge in [0.25, 0.3) is 0 Å². The standard InChI is InChI=1S/C14H23N3O2/c1-11-8-15-6-7-17(11)10-14(18)16(3)9-13-5-4-12(2)19-13/h4-5,11,15H,6-10H2,1-3H3/t11-/m0/s1. The highest BCUT2D eigenvalue weighted by molar-refractivity contribution is 5.78. The first kappa shape index (κ1) is 14.1. The molecule has 0 aliphatic carbocycles. The Kier molecular flexibility index (Phi) is 4.61. The summed E-state index contributed by atoms with van der Waals surface area (Å²) in [6.07, 6.45) is 0. The normalized spacial score (nSPS) is 20.5. The van der Waals surface area contributed by atoms with E-state index in [1.54, 1.807) is 4.90 Å². The molecule has 1 amide bonds. The van der Waals surface area contributed by atoms with Crippen LogP contribution in [0.2, 0.25) is 0 Å². The monoisotopic (exact) mass is 265 g/mol. The van der Waals surface area contributed by atoms with Crippen LogP contribution in [0.1, 0.15) is 18.4 Å². The van der Waals surface area contributed by atoms with Gasteiger partial charge >= 0.3 is 0 Å². The summed E-state index contributed by atoms with van der Waals surface area (Å²) in [7, 11) is 1.83. The molecule has 2 heterocycles. The largest absolute Gasteiger partial charge is 0.464 e. The third kappa shape index (κ3) is 3.81. The predicted octanol–water partition coefficient (Wildman–Crippen LogP) is 0.840. The molecule has 1 aromatic rings. The molecule has 1 aliphatic rings. The van der Waals surface area contributed by atoms with E-state index in [1.165, 1.54) is 0 Å². The summed E-state index contributed by atoms with van der Waals surface area (Å²) < 4.78 is 5.50. The van der Waals surface area contributed by atoms with E-state index in [-0.39, 0.29) is 5.91 Å². The topological polar surface area (TPSA) is 48.7 Å². The van der Waals surface area contributed by atoms with Crippen molar-refractivity contribution in [1.29, 1.82) is 0 Å². The van der Waals surface area contributed by atoms with Crippen LogP contribution in [-0.4, -0.2) is 55.0 Å². The van der Waals surface area contributed by atoms with E-state index < -0.39 is 0 Å². The number of hydrogen-bond donors (Lipinski definition) is 1. The molecule has 0 aromatic carbocycles. The van der Waals surface area contributed by atoms with Crippen molar-refractivity contribution in [2.24, 2.45) is 0 Å². The third-order valence-corrected chi connectivity index (χ3v) is 3.59. The molecular formula is C14H23N3O2. The van der Waals surface area contributed by atoms with Gasteiger partial charge in [0.1, 0.15) is 11.5 Å². The van der Waals surface area contributed by atoms with Crippen molar-refractivity contribution in [2.75, 3.05) is 33.2 Å². The van der Waals surface area contributed by atoms with E-state index in [0.717, 1.165) is 31.2 Å². The van der Waals surface area contributed by atoms with Crippen molar-refractivity contribution >= 4 is 5.91 Å². The Labute approximate surface area is 114 Å². The molecule has 1 saturated heterocycles. The first-order chi connectivity index (χ1) is 9.06. The Morgan fingerprint density at radius 3 is 3.00 bits per heavy atom. The van der Waals surface area contributed by atoms with E-state index in [9.17, 15) is 4.79 Å². The van der Waals surface area contributed by atoms with Gasteiger partial charge in [-0.1, -0.05) is 0 Å². The molecule has 0 bridgehead atoms. The van der Waals surface area contributed by atoms with Crippen LogP contribution in [0.5, 0.6) is 0 Å². The second kappa shape index (κ2) is 6.21. The number of nitrogens with zero attached hydrogens (tertiary/aromatic N) is 2. The molecule has 0 radical (unpaired) electrons. The molecule has 0 unspecified atom stereocenters. The van der Waals surface area contributed by atoms with Gasteiger partial charge in [0.2, 0.25) is 5.91 Å². The van der Waals surface area contributed by atoms with E-state index in [4.69, 9.17) is 4.42 Å². The fourth-order valence-corrected chi connectivity index (χ4v) is 2.30. The van der Waals surface area contributed by atoms with Crippen LogP contribution in [0.15, 0.2) is 16.5 Å². The van der Waals surface area contributed by atoms with E-state index in [0.29, 0.717) is 19.1 Å². The second-order valence-electron chi connectivity index (χ2n) is 5.29. The van der Waals surface area contributed by atoms with Crippen LogP contribution in [0.4, 0.5) is 0 Å². The van der Waals surface area contributed by atoms with Gasteiger partial charge in [0, 0.05) is 32.7 Å². The molecule has 5 heteroatoms. The molecule has 5 nitrogen and oxygen atoms in total. The van der Waals surface area contributed by atoms with E-state index in [1.807, 2.05) is 26.1 Å². The van der Waals surface area contributed by atoms with Crippen molar-refractivity contribution in [1.82, 2.24) is 15.1 Å². The van der Waals surface area contributed by atoms with Gasteiger partial charge in [0.05, 0.1) is 13.1 Å². The maximum absolute atomic E-state index is 12.2. The number of furan rings is 1. The first-order valence-corrected chi connectivity index (χ1v) is 6.80. The van der Waals surface area contributed by atoms with Crippen LogP contribution >= 0.6 is 0 Å². The van der Waals surface area contributed by atoms with Crippen LogP contribution in [0, 0.1) is 6.92 Å². The molecule has 1 N–H and O–H groups in total. The van der Waals surface area contributed by atoms with E-state index in [2.05, 4.69) is 17.1 Å². The van der Waals surface area contributed by atoms with Gasteiger partial charge in [-0.15, -0.1) is 0 Å². The molecule has 1 aliphatic heterocycles. The Balaban J connectivity index is 1.85. The number of amides is 1. The molecule has 19 heavy (non-hydrogen) atoms. The zero-order valence-corrected chi connectivity index (χ0v) is 12.0. The third-order valence-electron chi connectivity index (χ3n) is 3.59. The number of nitrogens with one attached hydrogen (secondary N) is 1. The van der Waals surface area contributed by atoms with Crippen molar-refractivity contribution in [2.45, 2.75) is 26.4 Å². The lowest BCUT2D eigenvalue weighted by atomic mass is 10.2. The number of likely N-dealkylation sites (N-methyl/N-ethyl adjacent to an activating group) is 1. The van der Waals surface area contributed by atoms with Gasteiger partial charge in [-0.25, -0.2) is 0 Å². The van der Waals surface area contributed by atoms with Gasteiger partial charge in [-0.3, -0.25) is 9.69 Å². The average Bonchev–Trinajstić information content (AvgIpc) is 2.77. The number of carbonyl (C=O) groups excluding carboxylic acids is 1. The fraction of sp³-hybridized carbons (Fsp3) is 0.643. The molecule has 0 spiro atoms. The summed E-state index contributed by atoms with van der Waals surface area (Å²) in [5, 5.41) is 3.33. The number of carbonyl (C=O) groups is 1. The maximum Gasteiger partial charge on any atom is 0.236 e. The number of rotatable bonds is 4. The average molecular weight is 265 g/mol. The van der Waals surface area contributed by atoms with E-state index >= 15 is 0 Å². The maximum atomic E-state index is 12.2. The Bertz CT molecular complexity index is 430. The Morgan fingerprint density at radius 1 is 1.58 bits per heavy atom. The molecule has 1 aromatic heterocycles. The minimum atomic E-state index is 0.141. The molecule has 1 fully saturated rings. The van der Waals surface area contributed by atoms with Crippen molar-refractivity contribution < 1.29 is 9.21 Å². The summed E-state index contributed by atoms with van der Waals surface area (Å²) in [5.74, 6) is 1.86. The Hall–Kier alpha value is -1.33. The predicted molar refractivity (Wildman–Crippen MR) is 73.8 cm³/mol. The van der Waals surface area contributed by atoms with Gasteiger partial charge in [-0.2, -0.15) is 0 Å². The van der Waals surface area contributed by atoms with Crippen molar-refractivity contribution in [3.05, 3.63) is 23.7 Å². The van der Waals surface area contributed by atoms with Crippen molar-refractivity contribution in [3.8, 4) is 0 Å². The highest BCUT2D eigenvalue weighted by atomic mass is 16.3. The van der Waals surface area contributed by atoms with Gasteiger partial charge in [-0.05, 0) is 26.0 Å². The minimum absolute atomic E-state index is 0.141. The SMILES string of the molecule is Cc1ccc(CN(C)C(=O)CN2CCNC[C@@H]2C)o1. The quantitative estimate of drug-likeness (QED) is 0.876. The summed E-state index contributed by atoms with van der Waals surface area (Å²) in [5.41, 5.74) is 0. The zero-order valence-electron chi connectivity index (χ0n) is 12.0. The highest BCUT2D eigenvalue weighted by Crippen LogP contribution is 2.09. The lowest BCUT2D eigenvalue weighted by Crippen LogP contribution is -2.52. The number of piperazine rings is 1. The summed E-state index contributed by atoms with van der Waals surface area (Å²) >= 11 is 0. The number of hydrogen-bond acceptors (Lipinski definition) is 4. The van der Waals surface area contributed by atoms with Gasteiger partial charge < -0.3 is 14.6 Å². The molecule has 2 rings (SSSR count). The smallest absolute Gasteiger partial charge is 0.236 e. The van der Waals surface area contributed by atoms with Gasteiger partial charge in [0.15, 0.2) is 0 Å². The van der Waals surface area contributed by atoms with Crippen LogP contribution < -0.4 is 5.32 Å². The van der Waals surface area contributed by atoms with Crippen LogP contribution in [0.3, 0.4) is 0 Å². The molecule has 1 atom stereocenters. The fourth-order valence-electron chi connectivity index (χ4n) is 2.30. The van der Waals surface area contributed by atoms with Crippen LogP contribution in [0.25, 0.3) is 0 Å². The molecule has 0 saturated carbocycles. The lowest BCUT2D eigenvalue weighted by molar-refractivity contribution is -0.132. The minimum Gasteiger partial charge on any atom is -0.464 e. The molecular weight excluding hydrogens is 242 g/mol. The second-order valence-corrected chi connectivity index (χ2v) is 5.29. The number of aryl methyl sites for hydroxylation is 1. The summed E-state index contributed by atoms with van der Waals surface area (Å²) in [6.45, 7) is 7.92. The summed E-state index contributed by atoms with van der Waals surface area (Å²) in [4.78, 5) is 16.1. The lowest BCUT2D eigenvalue weighted by Gasteiger charge is -2.34. The first-order valence-electron chi connectivity index (χ1n) is 6.80. The van der Waals surface area contributed by atoms with Crippen LogP contribution in [-0.2, 0) is 11.3 Å². The zero-order chi connectivity index (χ0) is 13.8. The molecule has 106 valence electrons. The Morgan fingerprint density at radius 2 is 2.37 bits per heavy atom.